The highest BCUT2D eigenvalue weighted by molar-refractivity contribution is 9.10. The summed E-state index contributed by atoms with van der Waals surface area (Å²) in [4.78, 5) is 29.5. The van der Waals surface area contributed by atoms with Crippen LogP contribution >= 0.6 is 51.1 Å². The number of hydrogen-bond acceptors (Lipinski definition) is 5. The molecule has 0 bridgehead atoms. The molecule has 1 aliphatic rings. The molecule has 1 amide bonds. The molecule has 4 nitrogen and oxygen atoms in total. The number of ketones is 1. The average Bonchev–Trinajstić information content (AvgIpc) is 3.15. The second kappa shape index (κ2) is 9.08. The molecule has 1 heterocycles. The molecule has 134 valence electrons. The van der Waals surface area contributed by atoms with E-state index in [0.29, 0.717) is 21.8 Å². The van der Waals surface area contributed by atoms with Crippen molar-refractivity contribution in [1.29, 1.82) is 0 Å². The number of nitrogens with zero attached hydrogens (tertiary/aromatic N) is 1. The Balaban J connectivity index is 1.78. The lowest BCUT2D eigenvalue weighted by molar-refractivity contribution is -0.113. The van der Waals surface area contributed by atoms with Gasteiger partial charge in [0, 0.05) is 21.4 Å². The summed E-state index contributed by atoms with van der Waals surface area (Å²) in [5, 5.41) is 3.20. The summed E-state index contributed by atoms with van der Waals surface area (Å²) >= 11 is 12.6. The van der Waals surface area contributed by atoms with E-state index in [4.69, 9.17) is 11.6 Å². The molecule has 0 aliphatic carbocycles. The van der Waals surface area contributed by atoms with Gasteiger partial charge in [0.2, 0.25) is 5.91 Å². The molecule has 0 atom stereocenters. The lowest BCUT2D eigenvalue weighted by Crippen LogP contribution is -2.17. The van der Waals surface area contributed by atoms with Crippen molar-refractivity contribution in [1.82, 2.24) is 0 Å². The number of carbonyl (C=O) groups excluding carboxylic acids is 2. The van der Waals surface area contributed by atoms with Crippen LogP contribution in [0.1, 0.15) is 15.9 Å². The van der Waals surface area contributed by atoms with Crippen LogP contribution in [0.2, 0.25) is 5.02 Å². The van der Waals surface area contributed by atoms with E-state index in [1.165, 1.54) is 11.8 Å². The summed E-state index contributed by atoms with van der Waals surface area (Å²) in [5.74, 6) is 0.797. The fraction of sp³-hybridized carbons (Fsp3) is 0.167. The number of hydrogen-bond donors (Lipinski definition) is 1. The quantitative estimate of drug-likeness (QED) is 0.618. The lowest BCUT2D eigenvalue weighted by Gasteiger charge is -2.12. The summed E-state index contributed by atoms with van der Waals surface area (Å²) in [6.07, 6.45) is 0. The van der Waals surface area contributed by atoms with Gasteiger partial charge >= 0.3 is 0 Å². The van der Waals surface area contributed by atoms with Crippen molar-refractivity contribution in [2.45, 2.75) is 0 Å². The zero-order valence-corrected chi connectivity index (χ0v) is 17.5. The third-order valence-corrected chi connectivity index (χ3v) is 6.58. The van der Waals surface area contributed by atoms with Crippen molar-refractivity contribution in [3.63, 3.8) is 0 Å². The van der Waals surface area contributed by atoms with Gasteiger partial charge in [-0.05, 0) is 30.3 Å². The first-order valence-corrected chi connectivity index (χ1v) is 10.9. The Bertz CT molecular complexity index is 889. The van der Waals surface area contributed by atoms with Gasteiger partial charge in [-0.2, -0.15) is 0 Å². The number of aliphatic imine (C=N–C) groups is 1. The van der Waals surface area contributed by atoms with Crippen molar-refractivity contribution >= 4 is 72.8 Å². The molecule has 3 rings (SSSR count). The van der Waals surface area contributed by atoms with Crippen molar-refractivity contribution in [2.24, 2.45) is 4.99 Å². The molecule has 0 aromatic heterocycles. The molecule has 0 radical (unpaired) electrons. The molecule has 2 aromatic carbocycles. The number of halogens is 2. The van der Waals surface area contributed by atoms with Gasteiger partial charge in [0.25, 0.3) is 0 Å². The standard InChI is InChI=1S/C18H14BrClN2O2S2/c19-11-5-6-15(22-16(23)10-26-18-21-7-8-25-18)13(9-11)17(24)12-3-1-2-4-14(12)20/h1-6,9H,7-8,10H2,(H,22,23). The summed E-state index contributed by atoms with van der Waals surface area (Å²) in [5.41, 5.74) is 1.25. The fourth-order valence-electron chi connectivity index (χ4n) is 2.32. The van der Waals surface area contributed by atoms with Gasteiger partial charge < -0.3 is 5.32 Å². The zero-order valence-electron chi connectivity index (χ0n) is 13.5. The molecule has 8 heteroatoms. The second-order valence-electron chi connectivity index (χ2n) is 5.33. The topological polar surface area (TPSA) is 58.5 Å². The Morgan fingerprint density at radius 3 is 2.77 bits per heavy atom. The summed E-state index contributed by atoms with van der Waals surface area (Å²) < 4.78 is 1.68. The molecule has 0 unspecified atom stereocenters. The highest BCUT2D eigenvalue weighted by atomic mass is 79.9. The van der Waals surface area contributed by atoms with Gasteiger partial charge in [-0.3, -0.25) is 14.6 Å². The normalized spacial score (nSPS) is 13.4. The molecule has 2 aromatic rings. The molecule has 1 N–H and O–H groups in total. The van der Waals surface area contributed by atoms with Crippen LogP contribution in [0.3, 0.4) is 0 Å². The minimum absolute atomic E-state index is 0.180. The number of carbonyl (C=O) groups is 2. The van der Waals surface area contributed by atoms with Crippen LogP contribution in [0, 0.1) is 0 Å². The van der Waals surface area contributed by atoms with E-state index in [2.05, 4.69) is 26.2 Å². The minimum Gasteiger partial charge on any atom is -0.325 e. The van der Waals surface area contributed by atoms with E-state index in [9.17, 15) is 9.59 Å². The SMILES string of the molecule is O=C(CSC1=NCCS1)Nc1ccc(Br)cc1C(=O)c1ccccc1Cl. The highest BCUT2D eigenvalue weighted by Crippen LogP contribution is 2.27. The van der Waals surface area contributed by atoms with Gasteiger partial charge in [0.1, 0.15) is 4.38 Å². The monoisotopic (exact) mass is 468 g/mol. The lowest BCUT2D eigenvalue weighted by atomic mass is 10.0. The van der Waals surface area contributed by atoms with E-state index in [1.54, 1.807) is 54.2 Å². The van der Waals surface area contributed by atoms with Crippen LogP contribution in [0.4, 0.5) is 5.69 Å². The molecule has 0 saturated heterocycles. The zero-order chi connectivity index (χ0) is 18.5. The van der Waals surface area contributed by atoms with Crippen molar-refractivity contribution in [3.8, 4) is 0 Å². The van der Waals surface area contributed by atoms with Crippen molar-refractivity contribution in [3.05, 3.63) is 63.1 Å². The van der Waals surface area contributed by atoms with Crippen LogP contribution < -0.4 is 5.32 Å². The maximum Gasteiger partial charge on any atom is 0.234 e. The highest BCUT2D eigenvalue weighted by Gasteiger charge is 2.18. The molecule has 0 fully saturated rings. The number of thioether (sulfide) groups is 2. The van der Waals surface area contributed by atoms with Crippen LogP contribution in [0.15, 0.2) is 51.9 Å². The Morgan fingerprint density at radius 1 is 1.23 bits per heavy atom. The van der Waals surface area contributed by atoms with Gasteiger partial charge in [-0.1, -0.05) is 63.2 Å². The Hall–Kier alpha value is -1.28. The number of amides is 1. The van der Waals surface area contributed by atoms with Crippen LogP contribution in [-0.4, -0.2) is 34.1 Å². The summed E-state index contributed by atoms with van der Waals surface area (Å²) in [6.45, 7) is 0.803. The Labute approximate surface area is 173 Å². The van der Waals surface area contributed by atoms with Gasteiger partial charge in [0.15, 0.2) is 5.78 Å². The van der Waals surface area contributed by atoms with Gasteiger partial charge in [-0.25, -0.2) is 0 Å². The average molecular weight is 470 g/mol. The first-order valence-electron chi connectivity index (χ1n) is 7.73. The Morgan fingerprint density at radius 2 is 2.04 bits per heavy atom. The van der Waals surface area contributed by atoms with Gasteiger partial charge in [0.05, 0.1) is 23.0 Å². The second-order valence-corrected chi connectivity index (χ2v) is 8.96. The number of benzene rings is 2. The van der Waals surface area contributed by atoms with Crippen LogP contribution in [0.25, 0.3) is 0 Å². The van der Waals surface area contributed by atoms with E-state index in [0.717, 1.165) is 21.1 Å². The largest absolute Gasteiger partial charge is 0.325 e. The first-order chi connectivity index (χ1) is 12.5. The van der Waals surface area contributed by atoms with E-state index < -0.39 is 0 Å². The number of nitrogens with one attached hydrogen (secondary N) is 1. The smallest absolute Gasteiger partial charge is 0.234 e. The molecule has 0 saturated carbocycles. The summed E-state index contributed by atoms with van der Waals surface area (Å²) in [7, 11) is 0. The predicted octanol–water partition coefficient (Wildman–Crippen LogP) is 5.11. The van der Waals surface area contributed by atoms with E-state index in [1.807, 2.05) is 0 Å². The van der Waals surface area contributed by atoms with Crippen LogP contribution in [0.5, 0.6) is 0 Å². The third-order valence-electron chi connectivity index (χ3n) is 3.50. The molecule has 0 spiro atoms. The fourth-order valence-corrected chi connectivity index (χ4v) is 4.71. The maximum absolute atomic E-state index is 12.9. The Kier molecular flexibility index (Phi) is 6.80. The number of anilines is 1. The van der Waals surface area contributed by atoms with E-state index in [-0.39, 0.29) is 17.4 Å². The summed E-state index contributed by atoms with van der Waals surface area (Å²) in [6, 6.07) is 12.0. The number of rotatable bonds is 5. The predicted molar refractivity (Wildman–Crippen MR) is 115 cm³/mol. The molecular formula is C18H14BrClN2O2S2. The maximum atomic E-state index is 12.9. The minimum atomic E-state index is -0.240. The van der Waals surface area contributed by atoms with Gasteiger partial charge in [-0.15, -0.1) is 0 Å². The van der Waals surface area contributed by atoms with Crippen molar-refractivity contribution < 1.29 is 9.59 Å². The molecule has 1 aliphatic heterocycles. The molecular weight excluding hydrogens is 456 g/mol. The first kappa shape index (κ1) is 19.5. The third kappa shape index (κ3) is 4.91. The van der Waals surface area contributed by atoms with Crippen molar-refractivity contribution in [2.75, 3.05) is 23.4 Å². The molecule has 26 heavy (non-hydrogen) atoms. The van der Waals surface area contributed by atoms with E-state index >= 15 is 0 Å². The van der Waals surface area contributed by atoms with Crippen LogP contribution in [-0.2, 0) is 4.79 Å².